The highest BCUT2D eigenvalue weighted by Gasteiger charge is 2.08. The van der Waals surface area contributed by atoms with Crippen molar-refractivity contribution in [1.29, 1.82) is 0 Å². The van der Waals surface area contributed by atoms with Crippen LogP contribution in [-0.2, 0) is 6.54 Å². The zero-order chi connectivity index (χ0) is 15.2. The molecule has 21 heavy (non-hydrogen) atoms. The molecule has 108 valence electrons. The Morgan fingerprint density at radius 1 is 1.43 bits per heavy atom. The zero-order valence-electron chi connectivity index (χ0n) is 11.9. The number of hydrogen-bond donors (Lipinski definition) is 2. The molecular weight excluding hydrogens is 284 g/mol. The molecule has 0 atom stereocenters. The fourth-order valence-corrected chi connectivity index (χ4v) is 2.45. The molecule has 0 saturated carbocycles. The van der Waals surface area contributed by atoms with Crippen LogP contribution in [0.2, 0.25) is 0 Å². The highest BCUT2D eigenvalue weighted by molar-refractivity contribution is 7.09. The number of hydrogen-bond acceptors (Lipinski definition) is 4. The molecule has 1 heterocycles. The van der Waals surface area contributed by atoms with E-state index in [9.17, 15) is 4.79 Å². The quantitative estimate of drug-likeness (QED) is 0.853. The van der Waals surface area contributed by atoms with Gasteiger partial charge in [-0.05, 0) is 37.6 Å². The van der Waals surface area contributed by atoms with Gasteiger partial charge in [0.25, 0.3) is 5.91 Å². The predicted octanol–water partition coefficient (Wildman–Crippen LogP) is 2.03. The van der Waals surface area contributed by atoms with E-state index >= 15 is 0 Å². The number of thiazole rings is 1. The van der Waals surface area contributed by atoms with Crippen LogP contribution in [-0.4, -0.2) is 22.6 Å². The summed E-state index contributed by atoms with van der Waals surface area (Å²) in [6, 6.07) is 5.32. The van der Waals surface area contributed by atoms with Crippen molar-refractivity contribution in [3.63, 3.8) is 0 Å². The molecule has 1 aromatic heterocycles. The van der Waals surface area contributed by atoms with Gasteiger partial charge < -0.3 is 10.4 Å². The highest BCUT2D eigenvalue weighted by atomic mass is 32.1. The van der Waals surface area contributed by atoms with E-state index in [1.54, 1.807) is 29.5 Å². The van der Waals surface area contributed by atoms with Gasteiger partial charge in [0.15, 0.2) is 0 Å². The van der Waals surface area contributed by atoms with Crippen LogP contribution in [0, 0.1) is 25.7 Å². The number of amides is 1. The minimum absolute atomic E-state index is 0.134. The molecule has 0 aliphatic carbocycles. The lowest BCUT2D eigenvalue weighted by molar-refractivity contribution is 0.0950. The second-order valence-corrected chi connectivity index (χ2v) is 5.59. The maximum atomic E-state index is 12.1. The fourth-order valence-electron chi connectivity index (χ4n) is 1.84. The topological polar surface area (TPSA) is 62.2 Å². The van der Waals surface area contributed by atoms with Gasteiger partial charge in [-0.15, -0.1) is 11.3 Å². The van der Waals surface area contributed by atoms with Crippen LogP contribution in [0.5, 0.6) is 0 Å². The summed E-state index contributed by atoms with van der Waals surface area (Å²) in [6.07, 6.45) is 0. The Kier molecular flexibility index (Phi) is 5.09. The van der Waals surface area contributed by atoms with E-state index in [-0.39, 0.29) is 12.5 Å². The summed E-state index contributed by atoms with van der Waals surface area (Å²) < 4.78 is 0. The average molecular weight is 300 g/mol. The lowest BCUT2D eigenvalue weighted by atomic mass is 10.0. The molecule has 5 heteroatoms. The van der Waals surface area contributed by atoms with Gasteiger partial charge in [0.1, 0.15) is 6.61 Å². The summed E-state index contributed by atoms with van der Waals surface area (Å²) in [5, 5.41) is 14.5. The Hall–Kier alpha value is -2.16. The molecule has 0 bridgehead atoms. The second-order valence-electron chi connectivity index (χ2n) is 4.53. The van der Waals surface area contributed by atoms with Gasteiger partial charge in [0, 0.05) is 16.5 Å². The van der Waals surface area contributed by atoms with Crippen molar-refractivity contribution in [2.24, 2.45) is 0 Å². The Balaban J connectivity index is 2.04. The smallest absolute Gasteiger partial charge is 0.251 e. The van der Waals surface area contributed by atoms with Gasteiger partial charge in [0.2, 0.25) is 0 Å². The molecule has 2 N–H and O–H groups in total. The summed E-state index contributed by atoms with van der Waals surface area (Å²) in [4.78, 5) is 16.4. The first-order chi connectivity index (χ1) is 10.1. The minimum atomic E-state index is -0.172. The minimum Gasteiger partial charge on any atom is -0.384 e. The maximum absolute atomic E-state index is 12.1. The Morgan fingerprint density at radius 2 is 2.24 bits per heavy atom. The van der Waals surface area contributed by atoms with E-state index in [4.69, 9.17) is 5.11 Å². The highest BCUT2D eigenvalue weighted by Crippen LogP contribution is 2.11. The van der Waals surface area contributed by atoms with E-state index in [1.807, 2.05) is 19.2 Å². The molecule has 0 radical (unpaired) electrons. The number of carbonyl (C=O) groups is 1. The van der Waals surface area contributed by atoms with Crippen molar-refractivity contribution in [2.45, 2.75) is 20.4 Å². The molecule has 1 aromatic carbocycles. The molecule has 0 saturated heterocycles. The summed E-state index contributed by atoms with van der Waals surface area (Å²) in [5.74, 6) is 5.32. The van der Waals surface area contributed by atoms with E-state index in [1.165, 1.54) is 0 Å². The predicted molar refractivity (Wildman–Crippen MR) is 83.2 cm³/mol. The molecule has 0 unspecified atom stereocenters. The van der Waals surface area contributed by atoms with E-state index in [2.05, 4.69) is 22.1 Å². The monoisotopic (exact) mass is 300 g/mol. The number of rotatable bonds is 3. The molecule has 2 rings (SSSR count). The van der Waals surface area contributed by atoms with Gasteiger partial charge >= 0.3 is 0 Å². The number of aromatic nitrogens is 1. The number of nitrogens with one attached hydrogen (secondary N) is 1. The molecular formula is C16H16N2O2S. The normalized spacial score (nSPS) is 9.86. The Bertz CT molecular complexity index is 711. The zero-order valence-corrected chi connectivity index (χ0v) is 12.8. The van der Waals surface area contributed by atoms with E-state index in [0.29, 0.717) is 12.1 Å². The molecule has 0 spiro atoms. The van der Waals surface area contributed by atoms with Crippen LogP contribution in [0.15, 0.2) is 23.6 Å². The molecule has 4 nitrogen and oxygen atoms in total. The van der Waals surface area contributed by atoms with E-state index < -0.39 is 0 Å². The standard InChI is InChI=1S/C16H16N2O2S/c1-11-8-14(6-5-13(11)4-3-7-19)16(20)17-9-15-10-21-12(2)18-15/h5-6,8,10,19H,7,9H2,1-2H3,(H,17,20). The molecule has 0 aliphatic heterocycles. The number of nitrogens with zero attached hydrogens (tertiary/aromatic N) is 1. The van der Waals surface area contributed by atoms with Crippen LogP contribution in [0.1, 0.15) is 32.2 Å². The molecule has 1 amide bonds. The van der Waals surface area contributed by atoms with Crippen LogP contribution in [0.3, 0.4) is 0 Å². The van der Waals surface area contributed by atoms with Crippen LogP contribution in [0.4, 0.5) is 0 Å². The second kappa shape index (κ2) is 7.02. The largest absolute Gasteiger partial charge is 0.384 e. The number of aliphatic hydroxyl groups excluding tert-OH is 1. The van der Waals surface area contributed by atoms with Gasteiger partial charge in [-0.25, -0.2) is 4.98 Å². The van der Waals surface area contributed by atoms with Crippen LogP contribution < -0.4 is 5.32 Å². The van der Waals surface area contributed by atoms with Crippen molar-refractivity contribution in [2.75, 3.05) is 6.61 Å². The van der Waals surface area contributed by atoms with Gasteiger partial charge in [-0.3, -0.25) is 4.79 Å². The molecule has 0 aliphatic rings. The Morgan fingerprint density at radius 3 is 2.86 bits per heavy atom. The first kappa shape index (κ1) is 15.2. The van der Waals surface area contributed by atoms with Crippen molar-refractivity contribution < 1.29 is 9.90 Å². The number of aliphatic hydroxyl groups is 1. The summed E-state index contributed by atoms with van der Waals surface area (Å²) in [7, 11) is 0. The summed E-state index contributed by atoms with van der Waals surface area (Å²) >= 11 is 1.57. The third-order valence-electron chi connectivity index (χ3n) is 2.89. The average Bonchev–Trinajstić information content (AvgIpc) is 2.89. The van der Waals surface area contributed by atoms with Crippen molar-refractivity contribution in [3.8, 4) is 11.8 Å². The summed E-state index contributed by atoms with van der Waals surface area (Å²) in [5.41, 5.74) is 3.19. The summed E-state index contributed by atoms with van der Waals surface area (Å²) in [6.45, 7) is 4.08. The Labute approximate surface area is 127 Å². The number of aryl methyl sites for hydroxylation is 2. The number of carbonyl (C=O) groups excluding carboxylic acids is 1. The van der Waals surface area contributed by atoms with E-state index in [0.717, 1.165) is 21.8 Å². The first-order valence-corrected chi connectivity index (χ1v) is 7.37. The fraction of sp³-hybridized carbons (Fsp3) is 0.250. The lowest BCUT2D eigenvalue weighted by Crippen LogP contribution is -2.23. The van der Waals surface area contributed by atoms with Crippen molar-refractivity contribution in [3.05, 3.63) is 51.0 Å². The van der Waals surface area contributed by atoms with Gasteiger partial charge in [-0.2, -0.15) is 0 Å². The third kappa shape index (κ3) is 4.15. The molecule has 2 aromatic rings. The third-order valence-corrected chi connectivity index (χ3v) is 3.71. The maximum Gasteiger partial charge on any atom is 0.251 e. The van der Waals surface area contributed by atoms with Crippen molar-refractivity contribution in [1.82, 2.24) is 10.3 Å². The van der Waals surface area contributed by atoms with Crippen molar-refractivity contribution >= 4 is 17.2 Å². The molecule has 0 fully saturated rings. The van der Waals surface area contributed by atoms with Crippen LogP contribution >= 0.6 is 11.3 Å². The lowest BCUT2D eigenvalue weighted by Gasteiger charge is -2.05. The van der Waals surface area contributed by atoms with Crippen LogP contribution in [0.25, 0.3) is 0 Å². The first-order valence-electron chi connectivity index (χ1n) is 6.49. The number of benzene rings is 1. The van der Waals surface area contributed by atoms with Gasteiger partial charge in [-0.1, -0.05) is 11.8 Å². The van der Waals surface area contributed by atoms with Gasteiger partial charge in [0.05, 0.1) is 17.2 Å². The SMILES string of the molecule is Cc1nc(CNC(=O)c2ccc(C#CCO)c(C)c2)cs1.